The van der Waals surface area contributed by atoms with Gasteiger partial charge >= 0.3 is 0 Å². The summed E-state index contributed by atoms with van der Waals surface area (Å²) in [6.45, 7) is 8.13. The smallest absolute Gasteiger partial charge is 0.230 e. The first-order valence-electron chi connectivity index (χ1n) is 5.05. The van der Waals surface area contributed by atoms with Crippen LogP contribution in [0.1, 0.15) is 26.7 Å². The number of nitrogens with two attached hydrogens (primary N) is 1. The maximum Gasteiger partial charge on any atom is 0.230 e. The van der Waals surface area contributed by atoms with Crippen LogP contribution in [0.25, 0.3) is 0 Å². The second-order valence-corrected chi connectivity index (χ2v) is 4.85. The molecule has 0 spiro atoms. The zero-order valence-corrected chi connectivity index (χ0v) is 9.38. The molecule has 0 unspecified atom stereocenters. The molecule has 0 saturated carbocycles. The lowest BCUT2D eigenvalue weighted by molar-refractivity contribution is -0.151. The van der Waals surface area contributed by atoms with Gasteiger partial charge in [0.1, 0.15) is 0 Å². The summed E-state index contributed by atoms with van der Waals surface area (Å²) in [6.07, 6.45) is 0.827. The molecule has 1 heterocycles. The maximum absolute atomic E-state index is 11.7. The molecule has 84 valence electrons. The molecule has 0 radical (unpaired) electrons. The van der Waals surface area contributed by atoms with Crippen LogP contribution in [0, 0.1) is 5.41 Å². The molecular weight excluding hydrogens is 192 g/mol. The number of hydrogen-bond acceptors (Lipinski definition) is 3. The number of carbonyl (C=O) groups excluding carboxylic acids is 2. The van der Waals surface area contributed by atoms with Crippen molar-refractivity contribution in [2.45, 2.75) is 26.7 Å². The molecule has 1 rings (SSSR count). The summed E-state index contributed by atoms with van der Waals surface area (Å²) in [6, 6.07) is 0. The Bertz CT molecular complexity index is 288. The average molecular weight is 210 g/mol. The highest BCUT2D eigenvalue weighted by atomic mass is 16.2. The lowest BCUT2D eigenvalue weighted by Crippen LogP contribution is -2.47. The number of likely N-dealkylation sites (tertiary alicyclic amines) is 1. The summed E-state index contributed by atoms with van der Waals surface area (Å²) in [4.78, 5) is 24.7. The van der Waals surface area contributed by atoms with Crippen LogP contribution in [-0.2, 0) is 9.59 Å². The van der Waals surface area contributed by atoms with E-state index in [1.54, 1.807) is 0 Å². The van der Waals surface area contributed by atoms with Crippen LogP contribution in [0.3, 0.4) is 0 Å². The fourth-order valence-corrected chi connectivity index (χ4v) is 1.68. The fraction of sp³-hybridized carbons (Fsp3) is 0.636. The number of imide groups is 1. The van der Waals surface area contributed by atoms with E-state index in [9.17, 15) is 9.59 Å². The monoisotopic (exact) mass is 210 g/mol. The van der Waals surface area contributed by atoms with E-state index >= 15 is 0 Å². The van der Waals surface area contributed by atoms with Crippen LogP contribution in [0.2, 0.25) is 0 Å². The predicted molar refractivity (Wildman–Crippen MR) is 57.9 cm³/mol. The Labute approximate surface area is 90.1 Å². The Balaban J connectivity index is 2.71. The Morgan fingerprint density at radius 1 is 1.40 bits per heavy atom. The van der Waals surface area contributed by atoms with Gasteiger partial charge in [0.25, 0.3) is 0 Å². The Morgan fingerprint density at radius 3 is 2.27 bits per heavy atom. The number of nitrogens with zero attached hydrogens (tertiary/aromatic N) is 1. The fourth-order valence-electron chi connectivity index (χ4n) is 1.68. The average Bonchev–Trinajstić information content (AvgIpc) is 2.09. The molecule has 4 nitrogen and oxygen atoms in total. The number of rotatable bonds is 3. The van der Waals surface area contributed by atoms with Crippen molar-refractivity contribution in [3.05, 3.63) is 12.2 Å². The first-order valence-corrected chi connectivity index (χ1v) is 5.05. The third-order valence-electron chi connectivity index (χ3n) is 2.53. The van der Waals surface area contributed by atoms with Gasteiger partial charge in [-0.3, -0.25) is 14.5 Å². The highest BCUT2D eigenvalue weighted by Gasteiger charge is 2.37. The molecule has 1 saturated heterocycles. The predicted octanol–water partition coefficient (Wildman–Crippen LogP) is 0.676. The van der Waals surface area contributed by atoms with E-state index in [0.29, 0.717) is 25.0 Å². The van der Waals surface area contributed by atoms with Crippen LogP contribution in [0.4, 0.5) is 0 Å². The number of amides is 2. The van der Waals surface area contributed by atoms with Gasteiger partial charge in [-0.2, -0.15) is 0 Å². The number of hydrogen-bond donors (Lipinski definition) is 1. The van der Waals surface area contributed by atoms with Gasteiger partial charge in [0, 0.05) is 19.4 Å². The summed E-state index contributed by atoms with van der Waals surface area (Å²) >= 11 is 0. The second-order valence-electron chi connectivity index (χ2n) is 4.85. The molecule has 1 aliphatic rings. The van der Waals surface area contributed by atoms with Crippen LogP contribution >= 0.6 is 0 Å². The SMILES string of the molecule is C=C(CN)CN1C(=O)CC(C)(C)CC1=O. The van der Waals surface area contributed by atoms with Crippen LogP contribution < -0.4 is 5.73 Å². The summed E-state index contributed by atoms with van der Waals surface area (Å²) in [5.41, 5.74) is 5.88. The minimum absolute atomic E-state index is 0.120. The van der Waals surface area contributed by atoms with Gasteiger partial charge in [-0.15, -0.1) is 0 Å². The lowest BCUT2D eigenvalue weighted by atomic mass is 9.81. The molecule has 0 atom stereocenters. The van der Waals surface area contributed by atoms with Gasteiger partial charge in [-0.1, -0.05) is 20.4 Å². The molecule has 0 aromatic carbocycles. The van der Waals surface area contributed by atoms with Crippen molar-refractivity contribution in [2.75, 3.05) is 13.1 Å². The van der Waals surface area contributed by atoms with Crippen LogP contribution in [-0.4, -0.2) is 29.8 Å². The van der Waals surface area contributed by atoms with Gasteiger partial charge in [-0.25, -0.2) is 0 Å². The molecule has 1 aliphatic heterocycles. The van der Waals surface area contributed by atoms with E-state index in [4.69, 9.17) is 5.73 Å². The standard InChI is InChI=1S/C11H18N2O2/c1-8(6-12)7-13-9(14)4-11(2,3)5-10(13)15/h1,4-7,12H2,2-3H3. The van der Waals surface area contributed by atoms with Crippen molar-refractivity contribution < 1.29 is 9.59 Å². The van der Waals surface area contributed by atoms with E-state index in [-0.39, 0.29) is 23.8 Å². The van der Waals surface area contributed by atoms with E-state index in [1.807, 2.05) is 13.8 Å². The second kappa shape index (κ2) is 4.14. The Hall–Kier alpha value is -1.16. The first kappa shape index (κ1) is 11.9. The van der Waals surface area contributed by atoms with Gasteiger partial charge < -0.3 is 5.73 Å². The molecule has 15 heavy (non-hydrogen) atoms. The van der Waals surface area contributed by atoms with Crippen LogP contribution in [0.5, 0.6) is 0 Å². The van der Waals surface area contributed by atoms with E-state index in [0.717, 1.165) is 0 Å². The van der Waals surface area contributed by atoms with Crippen molar-refractivity contribution in [2.24, 2.45) is 11.1 Å². The van der Waals surface area contributed by atoms with Crippen molar-refractivity contribution in [3.63, 3.8) is 0 Å². The minimum Gasteiger partial charge on any atom is -0.327 e. The van der Waals surface area contributed by atoms with Crippen molar-refractivity contribution in [1.82, 2.24) is 4.90 Å². The maximum atomic E-state index is 11.7. The van der Waals surface area contributed by atoms with E-state index < -0.39 is 0 Å². The minimum atomic E-state index is -0.214. The first-order chi connectivity index (χ1) is 6.85. The molecule has 2 amide bonds. The zero-order valence-electron chi connectivity index (χ0n) is 9.38. The molecule has 0 aromatic rings. The topological polar surface area (TPSA) is 63.4 Å². The normalized spacial score (nSPS) is 20.6. The molecule has 0 bridgehead atoms. The molecule has 1 fully saturated rings. The summed E-state index contributed by atoms with van der Waals surface area (Å²) in [5, 5.41) is 0. The highest BCUT2D eigenvalue weighted by molar-refractivity contribution is 5.98. The molecule has 0 aromatic heterocycles. The van der Waals surface area contributed by atoms with Gasteiger partial charge in [0.2, 0.25) is 11.8 Å². The molecule has 2 N–H and O–H groups in total. The Morgan fingerprint density at radius 2 is 1.87 bits per heavy atom. The van der Waals surface area contributed by atoms with Gasteiger partial charge in [0.15, 0.2) is 0 Å². The number of piperidine rings is 1. The zero-order chi connectivity index (χ0) is 11.6. The summed E-state index contributed by atoms with van der Waals surface area (Å²) < 4.78 is 0. The molecular formula is C11H18N2O2. The lowest BCUT2D eigenvalue weighted by Gasteiger charge is -2.34. The quantitative estimate of drug-likeness (QED) is 0.550. The van der Waals surface area contributed by atoms with Gasteiger partial charge in [0.05, 0.1) is 6.54 Å². The van der Waals surface area contributed by atoms with E-state index in [2.05, 4.69) is 6.58 Å². The molecule has 4 heteroatoms. The van der Waals surface area contributed by atoms with Crippen molar-refractivity contribution in [1.29, 1.82) is 0 Å². The van der Waals surface area contributed by atoms with E-state index in [1.165, 1.54) is 4.90 Å². The van der Waals surface area contributed by atoms with Crippen molar-refractivity contribution in [3.8, 4) is 0 Å². The highest BCUT2D eigenvalue weighted by Crippen LogP contribution is 2.31. The summed E-state index contributed by atoms with van der Waals surface area (Å²) in [5.74, 6) is -0.239. The van der Waals surface area contributed by atoms with Gasteiger partial charge in [-0.05, 0) is 11.0 Å². The van der Waals surface area contributed by atoms with Crippen molar-refractivity contribution >= 4 is 11.8 Å². The van der Waals surface area contributed by atoms with Crippen LogP contribution in [0.15, 0.2) is 12.2 Å². The Kier molecular flexibility index (Phi) is 3.29. The third-order valence-corrected chi connectivity index (χ3v) is 2.53. The number of carbonyl (C=O) groups is 2. The third kappa shape index (κ3) is 2.89. The molecule has 0 aliphatic carbocycles. The largest absolute Gasteiger partial charge is 0.327 e. The summed E-state index contributed by atoms with van der Waals surface area (Å²) in [7, 11) is 0.